The van der Waals surface area contributed by atoms with Crippen molar-refractivity contribution in [2.75, 3.05) is 5.32 Å². The number of fused-ring (bicyclic) bond motifs is 1. The van der Waals surface area contributed by atoms with Gasteiger partial charge in [0.2, 0.25) is 0 Å². The number of hydrogen-bond acceptors (Lipinski definition) is 8. The molecule has 0 aliphatic rings. The van der Waals surface area contributed by atoms with E-state index in [0.29, 0.717) is 5.71 Å². The van der Waals surface area contributed by atoms with Gasteiger partial charge < -0.3 is 9.84 Å². The van der Waals surface area contributed by atoms with Crippen LogP contribution >= 0.6 is 39.0 Å². The minimum absolute atomic E-state index is 0.543. The van der Waals surface area contributed by atoms with Gasteiger partial charge in [0, 0.05) is 32.0 Å². The van der Waals surface area contributed by atoms with Crippen LogP contribution in [-0.4, -0.2) is 20.1 Å². The smallest absolute Gasteiger partial charge is 0.259 e. The Kier molecular flexibility index (Phi) is 6.20. The number of anilines is 2. The molecule has 0 radical (unpaired) electrons. The number of rotatable bonds is 7. The summed E-state index contributed by atoms with van der Waals surface area (Å²) in [6.07, 6.45) is 5.42. The number of benzene rings is 1. The van der Waals surface area contributed by atoms with Gasteiger partial charge in [-0.05, 0) is 53.4 Å². The Bertz CT molecular complexity index is 1370. The molecular weight excluding hydrogens is 506 g/mol. The topological polar surface area (TPSA) is 76.7 Å². The van der Waals surface area contributed by atoms with Crippen LogP contribution in [0, 0.1) is 6.92 Å². The SMILES string of the molecule is Cc1noc2nccc(Sc3cc(Nc4nc(CCc5ccccc5)cs4)ncc3Br)c12. The van der Waals surface area contributed by atoms with Gasteiger partial charge in [-0.1, -0.05) is 47.3 Å². The molecule has 160 valence electrons. The number of aryl methyl sites for hydroxylation is 3. The van der Waals surface area contributed by atoms with Gasteiger partial charge in [-0.25, -0.2) is 15.0 Å². The number of nitrogens with zero attached hydrogens (tertiary/aromatic N) is 4. The fraction of sp³-hybridized carbons (Fsp3) is 0.130. The first kappa shape index (κ1) is 21.1. The van der Waals surface area contributed by atoms with Crippen molar-refractivity contribution in [2.24, 2.45) is 0 Å². The highest BCUT2D eigenvalue weighted by Gasteiger charge is 2.14. The molecule has 0 bridgehead atoms. The van der Waals surface area contributed by atoms with Crippen molar-refractivity contribution in [3.63, 3.8) is 0 Å². The molecule has 0 aliphatic heterocycles. The van der Waals surface area contributed by atoms with Gasteiger partial charge in [0.25, 0.3) is 5.71 Å². The van der Waals surface area contributed by atoms with Crippen LogP contribution in [0.15, 0.2) is 79.0 Å². The minimum Gasteiger partial charge on any atom is -0.336 e. The molecule has 0 atom stereocenters. The Labute approximate surface area is 201 Å². The molecule has 0 amide bonds. The first-order valence-electron chi connectivity index (χ1n) is 9.95. The van der Waals surface area contributed by atoms with Crippen LogP contribution in [-0.2, 0) is 12.8 Å². The van der Waals surface area contributed by atoms with Gasteiger partial charge >= 0.3 is 0 Å². The summed E-state index contributed by atoms with van der Waals surface area (Å²) in [6.45, 7) is 1.92. The molecule has 6 nitrogen and oxygen atoms in total. The third-order valence-electron chi connectivity index (χ3n) is 4.85. The third-order valence-corrected chi connectivity index (χ3v) is 7.67. The first-order valence-corrected chi connectivity index (χ1v) is 12.4. The normalized spacial score (nSPS) is 11.2. The van der Waals surface area contributed by atoms with Gasteiger partial charge in [0.1, 0.15) is 5.82 Å². The summed E-state index contributed by atoms with van der Waals surface area (Å²) in [5.41, 5.74) is 3.77. The standard InChI is InChI=1S/C23H18BrN5OS2/c1-14-21-18(9-10-25-22(21)30-29-14)32-19-11-20(26-12-17(19)24)28-23-27-16(13-31-23)8-7-15-5-3-2-4-6-15/h2-6,9-13H,7-8H2,1H3,(H,26,27,28). The van der Waals surface area contributed by atoms with Crippen molar-refractivity contribution in [2.45, 2.75) is 29.6 Å². The van der Waals surface area contributed by atoms with E-state index < -0.39 is 0 Å². The monoisotopic (exact) mass is 523 g/mol. The van der Waals surface area contributed by atoms with E-state index in [1.807, 2.05) is 25.1 Å². The zero-order valence-electron chi connectivity index (χ0n) is 17.1. The lowest BCUT2D eigenvalue weighted by atomic mass is 10.1. The molecule has 5 rings (SSSR count). The summed E-state index contributed by atoms with van der Waals surface area (Å²) in [4.78, 5) is 15.5. The average Bonchev–Trinajstić information content (AvgIpc) is 3.42. The maximum absolute atomic E-state index is 5.29. The van der Waals surface area contributed by atoms with Gasteiger partial charge in [-0.2, -0.15) is 0 Å². The predicted molar refractivity (Wildman–Crippen MR) is 132 cm³/mol. The second-order valence-electron chi connectivity index (χ2n) is 7.11. The molecule has 9 heteroatoms. The summed E-state index contributed by atoms with van der Waals surface area (Å²) in [7, 11) is 0. The highest BCUT2D eigenvalue weighted by molar-refractivity contribution is 9.10. The maximum Gasteiger partial charge on any atom is 0.259 e. The van der Waals surface area contributed by atoms with E-state index in [0.717, 1.165) is 54.8 Å². The van der Waals surface area contributed by atoms with Crippen molar-refractivity contribution in [3.05, 3.63) is 81.7 Å². The molecule has 1 aromatic carbocycles. The second-order valence-corrected chi connectivity index (χ2v) is 9.91. The van der Waals surface area contributed by atoms with Crippen molar-refractivity contribution < 1.29 is 4.52 Å². The highest BCUT2D eigenvalue weighted by Crippen LogP contribution is 2.38. The lowest BCUT2D eigenvalue weighted by Crippen LogP contribution is -1.95. The zero-order chi connectivity index (χ0) is 21.9. The predicted octanol–water partition coefficient (Wildman–Crippen LogP) is 6.83. The van der Waals surface area contributed by atoms with Crippen LogP contribution < -0.4 is 5.32 Å². The molecule has 0 fully saturated rings. The third kappa shape index (κ3) is 4.69. The molecule has 0 spiro atoms. The van der Waals surface area contributed by atoms with Gasteiger partial charge in [-0.15, -0.1) is 11.3 Å². The van der Waals surface area contributed by atoms with E-state index in [9.17, 15) is 0 Å². The van der Waals surface area contributed by atoms with E-state index in [4.69, 9.17) is 9.51 Å². The maximum atomic E-state index is 5.29. The van der Waals surface area contributed by atoms with Crippen LogP contribution in [0.2, 0.25) is 0 Å². The molecule has 1 N–H and O–H groups in total. The van der Waals surface area contributed by atoms with Gasteiger partial charge in [0.15, 0.2) is 5.13 Å². The minimum atomic E-state index is 0.543. The molecular formula is C23H18BrN5OS2. The van der Waals surface area contributed by atoms with Crippen LogP contribution in [0.25, 0.3) is 11.1 Å². The lowest BCUT2D eigenvalue weighted by molar-refractivity contribution is 0.443. The Hall–Kier alpha value is -2.75. The molecule has 4 heterocycles. The van der Waals surface area contributed by atoms with Crippen molar-refractivity contribution in [1.29, 1.82) is 0 Å². The highest BCUT2D eigenvalue weighted by atomic mass is 79.9. The van der Waals surface area contributed by atoms with Gasteiger partial charge in [0.05, 0.1) is 16.8 Å². The summed E-state index contributed by atoms with van der Waals surface area (Å²) in [5.74, 6) is 0.743. The Morgan fingerprint density at radius 1 is 1.09 bits per heavy atom. The van der Waals surface area contributed by atoms with Crippen molar-refractivity contribution in [1.82, 2.24) is 20.1 Å². The van der Waals surface area contributed by atoms with E-state index in [1.165, 1.54) is 5.56 Å². The van der Waals surface area contributed by atoms with Gasteiger partial charge in [-0.3, -0.25) is 0 Å². The van der Waals surface area contributed by atoms with Crippen molar-refractivity contribution >= 4 is 61.1 Å². The van der Waals surface area contributed by atoms with Crippen LogP contribution in [0.3, 0.4) is 0 Å². The quantitative estimate of drug-likeness (QED) is 0.250. The van der Waals surface area contributed by atoms with E-state index in [2.05, 4.69) is 66.0 Å². The lowest BCUT2D eigenvalue weighted by Gasteiger charge is -2.08. The van der Waals surface area contributed by atoms with Crippen LogP contribution in [0.4, 0.5) is 10.9 Å². The van der Waals surface area contributed by atoms with Crippen molar-refractivity contribution in [3.8, 4) is 0 Å². The summed E-state index contributed by atoms with van der Waals surface area (Å²) < 4.78 is 6.20. The Morgan fingerprint density at radius 3 is 2.84 bits per heavy atom. The van der Waals surface area contributed by atoms with E-state index >= 15 is 0 Å². The number of pyridine rings is 2. The molecule has 0 saturated heterocycles. The molecule has 32 heavy (non-hydrogen) atoms. The number of nitrogens with one attached hydrogen (secondary N) is 1. The summed E-state index contributed by atoms with van der Waals surface area (Å²) >= 11 is 6.82. The van der Waals surface area contributed by atoms with E-state index in [-0.39, 0.29) is 0 Å². The average molecular weight is 524 g/mol. The largest absolute Gasteiger partial charge is 0.336 e. The number of hydrogen-bond donors (Lipinski definition) is 1. The molecule has 0 saturated carbocycles. The van der Waals surface area contributed by atoms with E-state index in [1.54, 1.807) is 35.5 Å². The molecule has 0 aliphatic carbocycles. The fourth-order valence-corrected chi connectivity index (χ4v) is 5.50. The first-order chi connectivity index (χ1) is 15.7. The Morgan fingerprint density at radius 2 is 1.97 bits per heavy atom. The fourth-order valence-electron chi connectivity index (χ4n) is 3.26. The second kappa shape index (κ2) is 9.40. The number of thiazole rings is 1. The number of halogens is 1. The summed E-state index contributed by atoms with van der Waals surface area (Å²) in [6, 6.07) is 14.4. The Balaban J connectivity index is 1.31. The van der Waals surface area contributed by atoms with Crippen LogP contribution in [0.5, 0.6) is 0 Å². The molecule has 4 aromatic heterocycles. The summed E-state index contributed by atoms with van der Waals surface area (Å²) in [5, 5.41) is 11.2. The molecule has 5 aromatic rings. The molecule has 0 unspecified atom stereocenters. The number of aromatic nitrogens is 4. The zero-order valence-corrected chi connectivity index (χ0v) is 20.3. The van der Waals surface area contributed by atoms with Crippen LogP contribution in [0.1, 0.15) is 17.0 Å².